The van der Waals surface area contributed by atoms with Gasteiger partial charge in [-0.3, -0.25) is 0 Å². The molecule has 0 saturated carbocycles. The molecule has 4 aromatic rings. The lowest BCUT2D eigenvalue weighted by Crippen LogP contribution is -2.18. The van der Waals surface area contributed by atoms with Crippen molar-refractivity contribution in [3.8, 4) is 11.3 Å². The monoisotopic (exact) mass is 433 g/mol. The second kappa shape index (κ2) is 7.78. The van der Waals surface area contributed by atoms with E-state index in [2.05, 4.69) is 48.9 Å². The summed E-state index contributed by atoms with van der Waals surface area (Å²) in [6, 6.07) is 17.3. The van der Waals surface area contributed by atoms with Gasteiger partial charge in [0, 0.05) is 17.4 Å². The highest BCUT2D eigenvalue weighted by molar-refractivity contribution is 7.14. The van der Waals surface area contributed by atoms with Crippen LogP contribution in [0, 0.1) is 19.7 Å². The summed E-state index contributed by atoms with van der Waals surface area (Å²) in [7, 11) is 0. The molecule has 0 N–H and O–H groups in total. The third kappa shape index (κ3) is 3.57. The minimum atomic E-state index is -0.228. The van der Waals surface area contributed by atoms with Crippen LogP contribution in [0.3, 0.4) is 0 Å². The van der Waals surface area contributed by atoms with Gasteiger partial charge in [0.25, 0.3) is 0 Å². The van der Waals surface area contributed by atoms with Crippen molar-refractivity contribution in [3.05, 3.63) is 92.7 Å². The summed E-state index contributed by atoms with van der Waals surface area (Å²) in [6.07, 6.45) is 0.768. The van der Waals surface area contributed by atoms with Crippen LogP contribution < -0.4 is 5.01 Å². The van der Waals surface area contributed by atoms with Crippen molar-refractivity contribution in [3.63, 3.8) is 0 Å². The van der Waals surface area contributed by atoms with E-state index < -0.39 is 0 Å². The first-order chi connectivity index (χ1) is 14.6. The molecule has 1 aliphatic heterocycles. The molecule has 2 aromatic carbocycles. The molecule has 3 heterocycles. The van der Waals surface area contributed by atoms with Crippen LogP contribution in [0.1, 0.15) is 34.0 Å². The molecule has 6 heteroatoms. The van der Waals surface area contributed by atoms with Crippen LogP contribution in [0.5, 0.6) is 0 Å². The lowest BCUT2D eigenvalue weighted by molar-refractivity contribution is 0.624. The van der Waals surface area contributed by atoms with Crippen LogP contribution in [-0.4, -0.2) is 10.7 Å². The first kappa shape index (κ1) is 19.2. The van der Waals surface area contributed by atoms with Crippen LogP contribution in [-0.2, 0) is 0 Å². The molecule has 30 heavy (non-hydrogen) atoms. The molecule has 2 aromatic heterocycles. The Balaban J connectivity index is 1.55. The van der Waals surface area contributed by atoms with E-state index in [1.54, 1.807) is 22.7 Å². The van der Waals surface area contributed by atoms with Gasteiger partial charge in [-0.15, -0.1) is 22.7 Å². The molecular weight excluding hydrogens is 413 g/mol. The van der Waals surface area contributed by atoms with E-state index in [4.69, 9.17) is 10.1 Å². The minimum Gasteiger partial charge on any atom is -0.231 e. The molecule has 1 atom stereocenters. The van der Waals surface area contributed by atoms with Crippen molar-refractivity contribution in [1.29, 1.82) is 0 Å². The zero-order valence-corrected chi connectivity index (χ0v) is 18.3. The molecule has 0 fully saturated rings. The van der Waals surface area contributed by atoms with Gasteiger partial charge in [-0.05, 0) is 54.6 Å². The third-order valence-electron chi connectivity index (χ3n) is 5.33. The molecule has 3 nitrogen and oxygen atoms in total. The maximum Gasteiger partial charge on any atom is 0.207 e. The van der Waals surface area contributed by atoms with E-state index in [0.29, 0.717) is 0 Å². The number of hydrazone groups is 1. The highest BCUT2D eigenvalue weighted by Gasteiger charge is 2.32. The summed E-state index contributed by atoms with van der Waals surface area (Å²) in [6.45, 7) is 4.21. The highest BCUT2D eigenvalue weighted by atomic mass is 32.1. The predicted molar refractivity (Wildman–Crippen MR) is 124 cm³/mol. The Kier molecular flexibility index (Phi) is 4.97. The van der Waals surface area contributed by atoms with Crippen molar-refractivity contribution in [2.24, 2.45) is 5.10 Å². The number of benzene rings is 2. The maximum absolute atomic E-state index is 13.5. The fourth-order valence-corrected chi connectivity index (χ4v) is 5.27. The Morgan fingerprint density at radius 1 is 1.03 bits per heavy atom. The molecule has 0 saturated heterocycles. The lowest BCUT2D eigenvalue weighted by atomic mass is 10.0. The van der Waals surface area contributed by atoms with Gasteiger partial charge in [0.15, 0.2) is 0 Å². The van der Waals surface area contributed by atoms with Crippen molar-refractivity contribution < 1.29 is 4.39 Å². The van der Waals surface area contributed by atoms with Gasteiger partial charge in [-0.1, -0.05) is 35.9 Å². The smallest absolute Gasteiger partial charge is 0.207 e. The van der Waals surface area contributed by atoms with Crippen LogP contribution >= 0.6 is 22.7 Å². The fraction of sp³-hybridized carbons (Fsp3) is 0.167. The van der Waals surface area contributed by atoms with Crippen LogP contribution in [0.25, 0.3) is 11.3 Å². The van der Waals surface area contributed by atoms with Gasteiger partial charge in [0.05, 0.1) is 22.3 Å². The summed E-state index contributed by atoms with van der Waals surface area (Å²) in [5.41, 5.74) is 6.62. The van der Waals surface area contributed by atoms with Gasteiger partial charge in [0.2, 0.25) is 5.13 Å². The maximum atomic E-state index is 13.5. The number of thiophene rings is 1. The van der Waals surface area contributed by atoms with E-state index in [1.165, 1.54) is 23.3 Å². The Hall–Kier alpha value is -2.83. The van der Waals surface area contributed by atoms with Gasteiger partial charge in [-0.2, -0.15) is 5.10 Å². The van der Waals surface area contributed by atoms with Crippen LogP contribution in [0.2, 0.25) is 0 Å². The van der Waals surface area contributed by atoms with E-state index in [0.717, 1.165) is 39.0 Å². The average molecular weight is 434 g/mol. The Morgan fingerprint density at radius 2 is 1.87 bits per heavy atom. The quantitative estimate of drug-likeness (QED) is 0.347. The lowest BCUT2D eigenvalue weighted by Gasteiger charge is -2.21. The molecule has 0 amide bonds. The van der Waals surface area contributed by atoms with E-state index in [9.17, 15) is 4.39 Å². The SMILES string of the molecule is Cc1ccc(C)c(-c2csc(N3N=C(c4cccs4)C[C@H]3c3ccc(F)cc3)n2)c1. The van der Waals surface area contributed by atoms with E-state index in [-0.39, 0.29) is 11.9 Å². The number of halogens is 1. The molecule has 5 rings (SSSR count). The molecule has 0 unspecified atom stereocenters. The summed E-state index contributed by atoms with van der Waals surface area (Å²) in [5, 5.41) is 12.0. The fourth-order valence-electron chi connectivity index (χ4n) is 3.73. The first-order valence-electron chi connectivity index (χ1n) is 9.78. The molecule has 150 valence electrons. The van der Waals surface area contributed by atoms with Crippen LogP contribution in [0.4, 0.5) is 9.52 Å². The third-order valence-corrected chi connectivity index (χ3v) is 7.08. The number of rotatable bonds is 4. The number of nitrogens with zero attached hydrogens (tertiary/aromatic N) is 3. The largest absolute Gasteiger partial charge is 0.231 e. The Labute approximate surface area is 183 Å². The molecule has 1 aliphatic rings. The van der Waals surface area contributed by atoms with Gasteiger partial charge < -0.3 is 0 Å². The number of aryl methyl sites for hydroxylation is 2. The van der Waals surface area contributed by atoms with E-state index in [1.807, 2.05) is 23.2 Å². The standard InChI is InChI=1S/C24H20FN3S2/c1-15-5-6-16(2)19(12-15)21-14-30-24(26-21)28-22(17-7-9-18(25)10-8-17)13-20(27-28)23-4-3-11-29-23/h3-12,14,22H,13H2,1-2H3/t22-/m0/s1. The number of hydrogen-bond acceptors (Lipinski definition) is 5. The molecule has 0 bridgehead atoms. The van der Waals surface area contributed by atoms with Gasteiger partial charge >= 0.3 is 0 Å². The van der Waals surface area contributed by atoms with Gasteiger partial charge in [0.1, 0.15) is 5.82 Å². The summed E-state index contributed by atoms with van der Waals surface area (Å²) in [4.78, 5) is 6.10. The summed E-state index contributed by atoms with van der Waals surface area (Å²) >= 11 is 3.28. The summed E-state index contributed by atoms with van der Waals surface area (Å²) < 4.78 is 13.5. The number of thiazole rings is 1. The van der Waals surface area contributed by atoms with E-state index >= 15 is 0 Å². The van der Waals surface area contributed by atoms with Crippen molar-refractivity contribution in [2.75, 3.05) is 5.01 Å². The number of hydrogen-bond donors (Lipinski definition) is 0. The zero-order chi connectivity index (χ0) is 20.7. The summed E-state index contributed by atoms with van der Waals surface area (Å²) in [5.74, 6) is -0.228. The highest BCUT2D eigenvalue weighted by Crippen LogP contribution is 2.40. The van der Waals surface area contributed by atoms with Crippen LogP contribution in [0.15, 0.2) is 70.5 Å². The van der Waals surface area contributed by atoms with Crippen molar-refractivity contribution in [1.82, 2.24) is 4.98 Å². The second-order valence-electron chi connectivity index (χ2n) is 7.47. The predicted octanol–water partition coefficient (Wildman–Crippen LogP) is 6.98. The minimum absolute atomic E-state index is 0.000284. The molecular formula is C24H20FN3S2. The normalized spacial score (nSPS) is 16.2. The average Bonchev–Trinajstić information content (AvgIpc) is 3.50. The topological polar surface area (TPSA) is 28.5 Å². The Bertz CT molecular complexity index is 1210. The van der Waals surface area contributed by atoms with Gasteiger partial charge in [-0.25, -0.2) is 14.4 Å². The number of anilines is 1. The molecule has 0 aliphatic carbocycles. The second-order valence-corrected chi connectivity index (χ2v) is 9.26. The van der Waals surface area contributed by atoms with Crippen molar-refractivity contribution in [2.45, 2.75) is 26.3 Å². The first-order valence-corrected chi connectivity index (χ1v) is 11.5. The molecule has 0 radical (unpaired) electrons. The number of aromatic nitrogens is 1. The Morgan fingerprint density at radius 3 is 2.63 bits per heavy atom. The zero-order valence-electron chi connectivity index (χ0n) is 16.7. The van der Waals surface area contributed by atoms with Crippen molar-refractivity contribution >= 4 is 33.5 Å². The molecule has 0 spiro atoms.